The first kappa shape index (κ1) is 16.3. The molecule has 0 N–H and O–H groups in total. The van der Waals surface area contributed by atoms with Crippen molar-refractivity contribution in [3.8, 4) is 0 Å². The van der Waals surface area contributed by atoms with Gasteiger partial charge in [0.2, 0.25) is 0 Å². The number of hydrogen-bond donors (Lipinski definition) is 0. The quantitative estimate of drug-likeness (QED) is 0.783. The van der Waals surface area contributed by atoms with E-state index in [1.54, 1.807) is 24.3 Å². The van der Waals surface area contributed by atoms with E-state index in [2.05, 4.69) is 0 Å². The van der Waals surface area contributed by atoms with Crippen LogP contribution in [-0.4, -0.2) is 34.9 Å². The van der Waals surface area contributed by atoms with Crippen LogP contribution in [0.1, 0.15) is 32.2 Å². The highest BCUT2D eigenvalue weighted by Gasteiger charge is 2.39. The zero-order valence-corrected chi connectivity index (χ0v) is 13.8. The second-order valence-corrected chi connectivity index (χ2v) is 6.19. The first-order valence-electron chi connectivity index (χ1n) is 7.37. The van der Waals surface area contributed by atoms with Crippen LogP contribution in [0.4, 0.5) is 0 Å². The predicted octanol–water partition coefficient (Wildman–Crippen LogP) is 2.89. The topological polar surface area (TPSA) is 63.7 Å². The van der Waals surface area contributed by atoms with Crippen LogP contribution in [0.3, 0.4) is 0 Å². The molecule has 5 nitrogen and oxygen atoms in total. The minimum atomic E-state index is -0.620. The third kappa shape index (κ3) is 2.92. The van der Waals surface area contributed by atoms with Crippen molar-refractivity contribution in [2.45, 2.75) is 5.92 Å². The summed E-state index contributed by atoms with van der Waals surface area (Å²) >= 11 is 1.49. The van der Waals surface area contributed by atoms with Gasteiger partial charge in [-0.1, -0.05) is 47.5 Å². The van der Waals surface area contributed by atoms with Gasteiger partial charge < -0.3 is 4.84 Å². The van der Waals surface area contributed by atoms with Crippen LogP contribution in [0, 0.1) is 0 Å². The van der Waals surface area contributed by atoms with Gasteiger partial charge in [0, 0.05) is 5.75 Å². The van der Waals surface area contributed by atoms with Crippen LogP contribution in [0.5, 0.6) is 0 Å². The lowest BCUT2D eigenvalue weighted by Gasteiger charge is -2.18. The molecule has 2 aromatic rings. The van der Waals surface area contributed by atoms with Crippen LogP contribution in [0.25, 0.3) is 0 Å². The summed E-state index contributed by atoms with van der Waals surface area (Å²) in [6.07, 6.45) is 1.88. The molecule has 1 aliphatic rings. The molecule has 0 spiro atoms. The Hall–Kier alpha value is -2.60. The number of carbonyl (C=O) groups excluding carboxylic acids is 3. The lowest BCUT2D eigenvalue weighted by molar-refractivity contribution is -0.169. The van der Waals surface area contributed by atoms with Gasteiger partial charge in [-0.05, 0) is 24.0 Å². The summed E-state index contributed by atoms with van der Waals surface area (Å²) in [6.45, 7) is 0. The first-order valence-corrected chi connectivity index (χ1v) is 8.76. The van der Waals surface area contributed by atoms with Crippen LogP contribution >= 0.6 is 11.8 Å². The zero-order valence-electron chi connectivity index (χ0n) is 13.0. The molecule has 0 saturated heterocycles. The average Bonchev–Trinajstić information content (AvgIpc) is 2.85. The van der Waals surface area contributed by atoms with E-state index in [-0.39, 0.29) is 11.1 Å². The van der Waals surface area contributed by atoms with Crippen LogP contribution in [0.2, 0.25) is 0 Å². The van der Waals surface area contributed by atoms with E-state index in [9.17, 15) is 14.4 Å². The Bertz CT molecular complexity index is 756. The van der Waals surface area contributed by atoms with Crippen LogP contribution in [-0.2, 0) is 9.63 Å². The first-order chi connectivity index (χ1) is 11.6. The summed E-state index contributed by atoms with van der Waals surface area (Å²) in [5, 5.41) is 0.559. The highest BCUT2D eigenvalue weighted by molar-refractivity contribution is 7.98. The number of fused-ring (bicyclic) bond motifs is 1. The Morgan fingerprint density at radius 3 is 2.08 bits per heavy atom. The molecular formula is C18H15NO4S. The Morgan fingerprint density at radius 1 is 1.00 bits per heavy atom. The Balaban J connectivity index is 1.81. The fraction of sp³-hybridized carbons (Fsp3) is 0.167. The molecule has 0 bridgehead atoms. The SMILES string of the molecule is CSCC(C(=O)ON1C(=O)c2ccccc2C1=O)c1ccccc1. The predicted molar refractivity (Wildman–Crippen MR) is 90.6 cm³/mol. The Kier molecular flexibility index (Phi) is 4.66. The number of nitrogens with zero attached hydrogens (tertiary/aromatic N) is 1. The number of hydroxylamine groups is 2. The molecule has 0 aromatic heterocycles. The Labute approximate surface area is 143 Å². The summed E-state index contributed by atoms with van der Waals surface area (Å²) in [5.41, 5.74) is 1.28. The maximum Gasteiger partial charge on any atom is 0.341 e. The zero-order chi connectivity index (χ0) is 17.1. The van der Waals surface area contributed by atoms with Crippen molar-refractivity contribution < 1.29 is 19.2 Å². The maximum absolute atomic E-state index is 12.6. The molecule has 1 heterocycles. The molecule has 0 radical (unpaired) electrons. The van der Waals surface area contributed by atoms with Crippen molar-refractivity contribution in [3.63, 3.8) is 0 Å². The van der Waals surface area contributed by atoms with Gasteiger partial charge in [0.05, 0.1) is 17.0 Å². The molecule has 122 valence electrons. The lowest BCUT2D eigenvalue weighted by atomic mass is 10.0. The fourth-order valence-electron chi connectivity index (χ4n) is 2.56. The largest absolute Gasteiger partial charge is 0.341 e. The fourth-order valence-corrected chi connectivity index (χ4v) is 3.22. The number of hydrogen-bond acceptors (Lipinski definition) is 5. The number of benzene rings is 2. The minimum Gasteiger partial charge on any atom is -0.329 e. The highest BCUT2D eigenvalue weighted by Crippen LogP contribution is 2.26. The number of rotatable bonds is 5. The summed E-state index contributed by atoms with van der Waals surface area (Å²) in [6, 6.07) is 15.6. The molecular weight excluding hydrogens is 326 g/mol. The number of thioether (sulfide) groups is 1. The monoisotopic (exact) mass is 341 g/mol. The van der Waals surface area contributed by atoms with E-state index in [1.165, 1.54) is 11.8 Å². The van der Waals surface area contributed by atoms with Crippen molar-refractivity contribution in [3.05, 3.63) is 71.3 Å². The number of imide groups is 1. The molecule has 6 heteroatoms. The van der Waals surface area contributed by atoms with Gasteiger partial charge in [-0.2, -0.15) is 11.8 Å². The van der Waals surface area contributed by atoms with Gasteiger partial charge in [-0.25, -0.2) is 4.79 Å². The lowest BCUT2D eigenvalue weighted by Crippen LogP contribution is -2.35. The molecule has 1 aliphatic heterocycles. The minimum absolute atomic E-state index is 0.247. The van der Waals surface area contributed by atoms with Crippen molar-refractivity contribution in [1.82, 2.24) is 5.06 Å². The van der Waals surface area contributed by atoms with Gasteiger partial charge >= 0.3 is 5.97 Å². The Morgan fingerprint density at radius 2 is 1.54 bits per heavy atom. The molecule has 0 fully saturated rings. The molecule has 0 saturated carbocycles. The summed E-state index contributed by atoms with van der Waals surface area (Å²) in [7, 11) is 0. The van der Waals surface area contributed by atoms with E-state index in [0.717, 1.165) is 5.56 Å². The molecule has 0 aliphatic carbocycles. The van der Waals surface area contributed by atoms with Crippen molar-refractivity contribution in [1.29, 1.82) is 0 Å². The highest BCUT2D eigenvalue weighted by atomic mass is 32.2. The molecule has 1 unspecified atom stereocenters. The molecule has 1 atom stereocenters. The summed E-state index contributed by atoms with van der Waals surface area (Å²) < 4.78 is 0. The van der Waals surface area contributed by atoms with Crippen LogP contribution in [0.15, 0.2) is 54.6 Å². The van der Waals surface area contributed by atoms with E-state index in [0.29, 0.717) is 10.8 Å². The van der Waals surface area contributed by atoms with Crippen molar-refractivity contribution in [2.75, 3.05) is 12.0 Å². The van der Waals surface area contributed by atoms with Gasteiger partial charge in [0.15, 0.2) is 0 Å². The standard InChI is InChI=1S/C18H15NO4S/c1-24-11-15(12-7-3-2-4-8-12)18(22)23-19-16(20)13-9-5-6-10-14(13)17(19)21/h2-10,15H,11H2,1H3. The molecule has 2 aromatic carbocycles. The van der Waals surface area contributed by atoms with E-state index < -0.39 is 23.7 Å². The maximum atomic E-state index is 12.6. The van der Waals surface area contributed by atoms with Gasteiger partial charge in [-0.3, -0.25) is 9.59 Å². The molecule has 3 rings (SSSR count). The molecule has 24 heavy (non-hydrogen) atoms. The molecule has 2 amide bonds. The average molecular weight is 341 g/mol. The van der Waals surface area contributed by atoms with Gasteiger partial charge in [0.1, 0.15) is 0 Å². The van der Waals surface area contributed by atoms with Gasteiger partial charge in [-0.15, -0.1) is 0 Å². The normalized spacial score (nSPS) is 14.5. The van der Waals surface area contributed by atoms with Crippen LogP contribution < -0.4 is 0 Å². The number of carbonyl (C=O) groups is 3. The van der Waals surface area contributed by atoms with Gasteiger partial charge in [0.25, 0.3) is 11.8 Å². The third-order valence-electron chi connectivity index (χ3n) is 3.76. The second-order valence-electron chi connectivity index (χ2n) is 5.28. The van der Waals surface area contributed by atoms with E-state index in [4.69, 9.17) is 4.84 Å². The second kappa shape index (κ2) is 6.88. The third-order valence-corrected chi connectivity index (χ3v) is 4.42. The smallest absolute Gasteiger partial charge is 0.329 e. The van der Waals surface area contributed by atoms with E-state index in [1.807, 2.05) is 36.6 Å². The van der Waals surface area contributed by atoms with Crippen molar-refractivity contribution in [2.24, 2.45) is 0 Å². The number of amides is 2. The van der Waals surface area contributed by atoms with E-state index >= 15 is 0 Å². The summed E-state index contributed by atoms with van der Waals surface area (Å²) in [4.78, 5) is 42.3. The van der Waals surface area contributed by atoms with Crippen molar-refractivity contribution >= 4 is 29.5 Å². The summed E-state index contributed by atoms with van der Waals surface area (Å²) in [5.74, 6) is -1.90.